The van der Waals surface area contributed by atoms with Crippen LogP contribution in [0.1, 0.15) is 16.8 Å². The Hall–Kier alpha value is -1.81. The number of hydrogen-bond acceptors (Lipinski definition) is 3. The van der Waals surface area contributed by atoms with E-state index in [1.807, 2.05) is 25.2 Å². The molecule has 0 saturated carbocycles. The zero-order valence-corrected chi connectivity index (χ0v) is 10.2. The van der Waals surface area contributed by atoms with E-state index in [2.05, 4.69) is 17.2 Å². The highest BCUT2D eigenvalue weighted by Gasteiger charge is 2.13. The molecule has 0 atom stereocenters. The summed E-state index contributed by atoms with van der Waals surface area (Å²) in [5.41, 5.74) is 9.22. The van der Waals surface area contributed by atoms with Crippen molar-refractivity contribution in [1.82, 2.24) is 9.78 Å². The molecular formula is C13H17N3O. The second-order valence-corrected chi connectivity index (χ2v) is 4.03. The summed E-state index contributed by atoms with van der Waals surface area (Å²) in [6.45, 7) is 0.493. The van der Waals surface area contributed by atoms with Crippen molar-refractivity contribution >= 4 is 5.82 Å². The maximum Gasteiger partial charge on any atom is 0.125 e. The van der Waals surface area contributed by atoms with E-state index in [-0.39, 0.29) is 0 Å². The van der Waals surface area contributed by atoms with Crippen LogP contribution < -0.4 is 5.73 Å². The molecule has 1 heterocycles. The highest BCUT2D eigenvalue weighted by molar-refractivity contribution is 5.46. The van der Waals surface area contributed by atoms with Gasteiger partial charge >= 0.3 is 0 Å². The van der Waals surface area contributed by atoms with Gasteiger partial charge in [0.25, 0.3) is 0 Å². The molecule has 0 radical (unpaired) electrons. The molecule has 0 unspecified atom stereocenters. The summed E-state index contributed by atoms with van der Waals surface area (Å²) in [5.74, 6) is 0.709. The first-order valence-corrected chi connectivity index (χ1v) is 5.55. The Morgan fingerprint density at radius 3 is 2.65 bits per heavy atom. The molecule has 0 spiro atoms. The summed E-state index contributed by atoms with van der Waals surface area (Å²) < 4.78 is 6.84. The van der Waals surface area contributed by atoms with E-state index < -0.39 is 0 Å². The number of aryl methyl sites for hydroxylation is 1. The van der Waals surface area contributed by atoms with Crippen LogP contribution in [0.25, 0.3) is 0 Å². The maximum atomic E-state index is 6.03. The number of methoxy groups -OCH3 is 1. The Labute approximate surface area is 101 Å². The third-order valence-electron chi connectivity index (χ3n) is 2.78. The van der Waals surface area contributed by atoms with E-state index >= 15 is 0 Å². The van der Waals surface area contributed by atoms with Crippen molar-refractivity contribution < 1.29 is 4.74 Å². The monoisotopic (exact) mass is 231 g/mol. The van der Waals surface area contributed by atoms with Crippen LogP contribution in [0.5, 0.6) is 0 Å². The predicted octanol–water partition coefficient (Wildman–Crippen LogP) is 1.74. The van der Waals surface area contributed by atoms with Gasteiger partial charge < -0.3 is 10.5 Å². The summed E-state index contributed by atoms with van der Waals surface area (Å²) in [6.07, 6.45) is 0.791. The predicted molar refractivity (Wildman–Crippen MR) is 67.6 cm³/mol. The van der Waals surface area contributed by atoms with Gasteiger partial charge in [0.15, 0.2) is 0 Å². The van der Waals surface area contributed by atoms with Crippen LogP contribution >= 0.6 is 0 Å². The first-order chi connectivity index (χ1) is 8.22. The molecule has 2 aromatic rings. The van der Waals surface area contributed by atoms with E-state index in [1.165, 1.54) is 5.56 Å². The molecule has 90 valence electrons. The molecule has 1 aromatic carbocycles. The quantitative estimate of drug-likeness (QED) is 0.872. The minimum atomic E-state index is 0.493. The van der Waals surface area contributed by atoms with Crippen molar-refractivity contribution in [3.8, 4) is 0 Å². The third kappa shape index (κ3) is 2.47. The second kappa shape index (κ2) is 5.01. The van der Waals surface area contributed by atoms with E-state index in [9.17, 15) is 0 Å². The normalized spacial score (nSPS) is 10.7. The van der Waals surface area contributed by atoms with Crippen molar-refractivity contribution in [2.45, 2.75) is 13.0 Å². The largest absolute Gasteiger partial charge is 0.384 e. The SMILES string of the molecule is COCc1nn(C)c(N)c1Cc1ccccc1. The Bertz CT molecular complexity index is 491. The maximum absolute atomic E-state index is 6.03. The van der Waals surface area contributed by atoms with Gasteiger partial charge in [-0.25, -0.2) is 0 Å². The number of nitrogen functional groups attached to an aromatic ring is 1. The van der Waals surface area contributed by atoms with Gasteiger partial charge in [-0.2, -0.15) is 5.10 Å². The molecule has 2 rings (SSSR count). The molecule has 0 aliphatic rings. The lowest BCUT2D eigenvalue weighted by Crippen LogP contribution is -2.00. The summed E-state index contributed by atoms with van der Waals surface area (Å²) >= 11 is 0. The first-order valence-electron chi connectivity index (χ1n) is 5.55. The number of rotatable bonds is 4. The van der Waals surface area contributed by atoms with E-state index in [1.54, 1.807) is 11.8 Å². The molecule has 4 heteroatoms. The summed E-state index contributed by atoms with van der Waals surface area (Å²) in [5, 5.41) is 4.36. The van der Waals surface area contributed by atoms with E-state index in [0.29, 0.717) is 12.4 Å². The van der Waals surface area contributed by atoms with Crippen LogP contribution in [0.15, 0.2) is 30.3 Å². The fourth-order valence-electron chi connectivity index (χ4n) is 1.88. The van der Waals surface area contributed by atoms with Crippen LogP contribution in [0.2, 0.25) is 0 Å². The fourth-order valence-corrected chi connectivity index (χ4v) is 1.88. The van der Waals surface area contributed by atoms with E-state index in [0.717, 1.165) is 17.7 Å². The topological polar surface area (TPSA) is 53.1 Å². The van der Waals surface area contributed by atoms with E-state index in [4.69, 9.17) is 10.5 Å². The fraction of sp³-hybridized carbons (Fsp3) is 0.308. The van der Waals surface area contributed by atoms with Gasteiger partial charge in [0, 0.05) is 26.1 Å². The Balaban J connectivity index is 2.31. The lowest BCUT2D eigenvalue weighted by Gasteiger charge is -2.03. The molecule has 4 nitrogen and oxygen atoms in total. The standard InChI is InChI=1S/C13H17N3O/c1-16-13(14)11(12(15-16)9-17-2)8-10-6-4-3-5-7-10/h3-7H,8-9,14H2,1-2H3. The zero-order valence-electron chi connectivity index (χ0n) is 10.2. The van der Waals surface area contributed by atoms with Crippen molar-refractivity contribution in [2.75, 3.05) is 12.8 Å². The van der Waals surface area contributed by atoms with Crippen molar-refractivity contribution in [3.05, 3.63) is 47.2 Å². The lowest BCUT2D eigenvalue weighted by molar-refractivity contribution is 0.180. The van der Waals surface area contributed by atoms with Crippen LogP contribution in [-0.4, -0.2) is 16.9 Å². The number of aromatic nitrogens is 2. The number of ether oxygens (including phenoxy) is 1. The average molecular weight is 231 g/mol. The minimum absolute atomic E-state index is 0.493. The van der Waals surface area contributed by atoms with Crippen LogP contribution in [0.4, 0.5) is 5.82 Å². The summed E-state index contributed by atoms with van der Waals surface area (Å²) in [6, 6.07) is 10.2. The number of benzene rings is 1. The lowest BCUT2D eigenvalue weighted by atomic mass is 10.1. The number of hydrogen-bond donors (Lipinski definition) is 1. The number of nitrogens with two attached hydrogens (primary N) is 1. The first kappa shape index (κ1) is 11.7. The molecule has 17 heavy (non-hydrogen) atoms. The smallest absolute Gasteiger partial charge is 0.125 e. The van der Waals surface area contributed by atoms with Gasteiger partial charge in [-0.1, -0.05) is 30.3 Å². The van der Waals surface area contributed by atoms with Crippen LogP contribution in [-0.2, 0) is 24.8 Å². The van der Waals surface area contributed by atoms with Gasteiger partial charge in [-0.05, 0) is 5.56 Å². The number of nitrogens with zero attached hydrogens (tertiary/aromatic N) is 2. The molecule has 0 bridgehead atoms. The highest BCUT2D eigenvalue weighted by Crippen LogP contribution is 2.20. The number of anilines is 1. The Morgan fingerprint density at radius 1 is 1.29 bits per heavy atom. The van der Waals surface area contributed by atoms with Gasteiger partial charge in [0.1, 0.15) is 5.82 Å². The Kier molecular flexibility index (Phi) is 3.44. The average Bonchev–Trinajstić information content (AvgIpc) is 2.59. The zero-order chi connectivity index (χ0) is 12.3. The molecule has 0 aliphatic heterocycles. The molecule has 2 N–H and O–H groups in total. The van der Waals surface area contributed by atoms with Crippen LogP contribution in [0.3, 0.4) is 0 Å². The van der Waals surface area contributed by atoms with Gasteiger partial charge in [-0.15, -0.1) is 0 Å². The molecule has 0 saturated heterocycles. The van der Waals surface area contributed by atoms with Gasteiger partial charge in [0.2, 0.25) is 0 Å². The molecule has 1 aromatic heterocycles. The second-order valence-electron chi connectivity index (χ2n) is 4.03. The van der Waals surface area contributed by atoms with Crippen molar-refractivity contribution in [3.63, 3.8) is 0 Å². The van der Waals surface area contributed by atoms with Crippen molar-refractivity contribution in [2.24, 2.45) is 7.05 Å². The van der Waals surface area contributed by atoms with Crippen LogP contribution in [0, 0.1) is 0 Å². The Morgan fingerprint density at radius 2 is 2.00 bits per heavy atom. The summed E-state index contributed by atoms with van der Waals surface area (Å²) in [7, 11) is 3.51. The van der Waals surface area contributed by atoms with Crippen molar-refractivity contribution in [1.29, 1.82) is 0 Å². The van der Waals surface area contributed by atoms with Gasteiger partial charge in [-0.3, -0.25) is 4.68 Å². The molecular weight excluding hydrogens is 214 g/mol. The molecule has 0 aliphatic carbocycles. The third-order valence-corrected chi connectivity index (χ3v) is 2.78. The minimum Gasteiger partial charge on any atom is -0.384 e. The van der Waals surface area contributed by atoms with Gasteiger partial charge in [0.05, 0.1) is 12.3 Å². The summed E-state index contributed by atoms with van der Waals surface area (Å²) in [4.78, 5) is 0. The molecule has 0 fully saturated rings. The molecule has 0 amide bonds. The highest BCUT2D eigenvalue weighted by atomic mass is 16.5.